The molecule has 0 fully saturated rings. The molecule has 0 N–H and O–H groups in total. The topological polar surface area (TPSA) is 21.4 Å². The molecule has 0 unspecified atom stereocenters. The van der Waals surface area contributed by atoms with Crippen molar-refractivity contribution in [2.24, 2.45) is 7.05 Å². The predicted octanol–water partition coefficient (Wildman–Crippen LogP) is 6.91. The first-order chi connectivity index (χ1) is 14.6. The highest BCUT2D eigenvalue weighted by atomic mass is 16.3. The van der Waals surface area contributed by atoms with E-state index in [1.807, 2.05) is 42.5 Å². The molecule has 0 saturated carbocycles. The summed E-state index contributed by atoms with van der Waals surface area (Å²) >= 11 is 0. The fourth-order valence-corrected chi connectivity index (χ4v) is 4.23. The number of hydrogen-bond donors (Lipinski definition) is 0. The smallest absolute Gasteiger partial charge is 0.216 e. The summed E-state index contributed by atoms with van der Waals surface area (Å²) in [6.45, 7) is 11.9. The van der Waals surface area contributed by atoms with Gasteiger partial charge in [-0.05, 0) is 24.1 Å². The molecule has 0 amide bonds. The first-order valence-corrected chi connectivity index (χ1v) is 9.98. The van der Waals surface area contributed by atoms with Crippen LogP contribution in [0.1, 0.15) is 11.3 Å². The molecule has 0 aliphatic rings. The molecule has 0 aliphatic heterocycles. The highest BCUT2D eigenvalue weighted by Gasteiger charge is 2.23. The van der Waals surface area contributed by atoms with E-state index in [0.29, 0.717) is 5.69 Å². The van der Waals surface area contributed by atoms with E-state index >= 15 is 0 Å². The lowest BCUT2D eigenvalue weighted by atomic mass is 9.98. The van der Waals surface area contributed by atoms with Crippen molar-refractivity contribution in [1.82, 2.24) is 0 Å². The van der Waals surface area contributed by atoms with Crippen LogP contribution in [0.2, 0.25) is 0 Å². The average Bonchev–Trinajstić information content (AvgIpc) is 3.14. The minimum absolute atomic E-state index is 0.604. The maximum absolute atomic E-state index is 7.69. The molecule has 144 valence electrons. The highest BCUT2D eigenvalue weighted by molar-refractivity contribution is 6.15. The van der Waals surface area contributed by atoms with E-state index in [9.17, 15) is 0 Å². The number of furan rings is 1. The van der Waals surface area contributed by atoms with E-state index in [-0.39, 0.29) is 0 Å². The van der Waals surface area contributed by atoms with Crippen molar-refractivity contribution in [2.45, 2.75) is 13.8 Å². The van der Waals surface area contributed by atoms with Gasteiger partial charge in [0.15, 0.2) is 11.4 Å². The third kappa shape index (κ3) is 2.62. The third-order valence-electron chi connectivity index (χ3n) is 5.92. The molecule has 0 saturated heterocycles. The number of hydrogen-bond acceptors (Lipinski definition) is 1. The van der Waals surface area contributed by atoms with Gasteiger partial charge in [0.1, 0.15) is 18.2 Å². The van der Waals surface area contributed by atoms with E-state index in [4.69, 9.17) is 11.0 Å². The Bertz CT molecular complexity index is 1470. The van der Waals surface area contributed by atoms with Gasteiger partial charge in [-0.3, -0.25) is 0 Å². The molecule has 5 rings (SSSR count). The molecule has 0 atom stereocenters. The lowest BCUT2D eigenvalue weighted by Crippen LogP contribution is -2.34. The molecule has 30 heavy (non-hydrogen) atoms. The molecule has 5 aromatic rings. The highest BCUT2D eigenvalue weighted by Crippen LogP contribution is 2.44. The van der Waals surface area contributed by atoms with Gasteiger partial charge in [-0.1, -0.05) is 54.6 Å². The zero-order valence-electron chi connectivity index (χ0n) is 17.2. The summed E-state index contributed by atoms with van der Waals surface area (Å²) in [4.78, 5) is 3.78. The van der Waals surface area contributed by atoms with Gasteiger partial charge in [0.25, 0.3) is 0 Å². The van der Waals surface area contributed by atoms with Crippen LogP contribution in [0.25, 0.3) is 49.2 Å². The van der Waals surface area contributed by atoms with E-state index < -0.39 is 0 Å². The SMILES string of the molecule is [C-]#[N+]c1ccc2c(oc3c(-c4cccc(C)[n+]4C)c(C)ccc32)c1-c1ccccc1. The van der Waals surface area contributed by atoms with Crippen molar-refractivity contribution in [3.05, 3.63) is 95.5 Å². The third-order valence-corrected chi connectivity index (χ3v) is 5.92. The largest absolute Gasteiger partial charge is 0.456 e. The van der Waals surface area contributed by atoms with Crippen LogP contribution in [0.15, 0.2) is 77.2 Å². The molecular formula is C27H21N2O+. The molecule has 0 radical (unpaired) electrons. The summed E-state index contributed by atoms with van der Waals surface area (Å²) < 4.78 is 8.78. The van der Waals surface area contributed by atoms with Crippen LogP contribution in [0.4, 0.5) is 5.69 Å². The molecule has 3 heteroatoms. The molecule has 3 nitrogen and oxygen atoms in total. The Labute approximate surface area is 175 Å². The molecule has 2 heterocycles. The summed E-state index contributed by atoms with van der Waals surface area (Å²) in [5.41, 5.74) is 8.64. The van der Waals surface area contributed by atoms with Crippen molar-refractivity contribution in [1.29, 1.82) is 0 Å². The van der Waals surface area contributed by atoms with Crippen LogP contribution in [0.3, 0.4) is 0 Å². The maximum atomic E-state index is 7.69. The van der Waals surface area contributed by atoms with Crippen LogP contribution < -0.4 is 4.57 Å². The van der Waals surface area contributed by atoms with Gasteiger partial charge in [0, 0.05) is 35.4 Å². The molecular weight excluding hydrogens is 368 g/mol. The monoisotopic (exact) mass is 389 g/mol. The first kappa shape index (κ1) is 18.1. The van der Waals surface area contributed by atoms with Crippen LogP contribution in [0, 0.1) is 20.4 Å². The van der Waals surface area contributed by atoms with Crippen molar-refractivity contribution < 1.29 is 8.98 Å². The molecule has 0 spiro atoms. The normalized spacial score (nSPS) is 11.1. The van der Waals surface area contributed by atoms with Gasteiger partial charge < -0.3 is 4.42 Å². The van der Waals surface area contributed by atoms with E-state index in [1.54, 1.807) is 0 Å². The number of nitrogens with zero attached hydrogens (tertiary/aromatic N) is 2. The van der Waals surface area contributed by atoms with Crippen LogP contribution in [0.5, 0.6) is 0 Å². The second-order valence-corrected chi connectivity index (χ2v) is 7.66. The summed E-state index contributed by atoms with van der Waals surface area (Å²) in [6.07, 6.45) is 0. The Morgan fingerprint density at radius 1 is 0.767 bits per heavy atom. The second kappa shape index (κ2) is 6.86. The minimum atomic E-state index is 0.604. The molecule has 3 aromatic carbocycles. The summed E-state index contributed by atoms with van der Waals surface area (Å²) in [7, 11) is 2.08. The zero-order valence-corrected chi connectivity index (χ0v) is 17.2. The number of fused-ring (bicyclic) bond motifs is 3. The summed E-state index contributed by atoms with van der Waals surface area (Å²) in [5, 5.41) is 2.11. The van der Waals surface area contributed by atoms with Crippen molar-refractivity contribution in [3.8, 4) is 22.4 Å². The Hall–Kier alpha value is -3.90. The number of aryl methyl sites for hydroxylation is 2. The van der Waals surface area contributed by atoms with E-state index in [2.05, 4.69) is 60.6 Å². The minimum Gasteiger partial charge on any atom is -0.456 e. The van der Waals surface area contributed by atoms with Gasteiger partial charge in [0.2, 0.25) is 5.69 Å². The lowest BCUT2D eigenvalue weighted by molar-refractivity contribution is -0.666. The van der Waals surface area contributed by atoms with Gasteiger partial charge >= 0.3 is 0 Å². The van der Waals surface area contributed by atoms with Gasteiger partial charge in [-0.2, -0.15) is 4.57 Å². The lowest BCUT2D eigenvalue weighted by Gasteiger charge is -2.06. The Morgan fingerprint density at radius 2 is 1.47 bits per heavy atom. The number of rotatable bonds is 2. The number of benzene rings is 3. The van der Waals surface area contributed by atoms with E-state index in [0.717, 1.165) is 49.9 Å². The molecule has 2 aromatic heterocycles. The Balaban J connectivity index is 1.93. The second-order valence-electron chi connectivity index (χ2n) is 7.66. The van der Waals surface area contributed by atoms with Gasteiger partial charge in [-0.25, -0.2) is 4.85 Å². The van der Waals surface area contributed by atoms with Gasteiger partial charge in [0.05, 0.1) is 12.1 Å². The van der Waals surface area contributed by atoms with Crippen molar-refractivity contribution >= 4 is 27.6 Å². The number of aromatic nitrogens is 1. The van der Waals surface area contributed by atoms with Crippen molar-refractivity contribution in [3.63, 3.8) is 0 Å². The predicted molar refractivity (Wildman–Crippen MR) is 122 cm³/mol. The molecule has 0 aliphatic carbocycles. The number of pyridine rings is 1. The van der Waals surface area contributed by atoms with Crippen molar-refractivity contribution in [2.75, 3.05) is 0 Å². The fourth-order valence-electron chi connectivity index (χ4n) is 4.23. The molecule has 0 bridgehead atoms. The maximum Gasteiger partial charge on any atom is 0.216 e. The Kier molecular flexibility index (Phi) is 4.15. The van der Waals surface area contributed by atoms with Gasteiger partial charge in [-0.15, -0.1) is 0 Å². The van der Waals surface area contributed by atoms with Crippen LogP contribution in [-0.4, -0.2) is 0 Å². The fraction of sp³-hybridized carbons (Fsp3) is 0.111. The quantitative estimate of drug-likeness (QED) is 0.237. The standard InChI is InChI=1S/C27H21N2O/c1-17-13-14-20-21-15-16-22(28-3)25(19-10-6-5-7-11-19)27(21)30-26(20)24(17)23-12-8-9-18(2)29(23)4/h5-16H,1-2,4H3/q+1. The van der Waals surface area contributed by atoms with E-state index in [1.165, 1.54) is 5.69 Å². The Morgan fingerprint density at radius 3 is 2.20 bits per heavy atom. The average molecular weight is 389 g/mol. The first-order valence-electron chi connectivity index (χ1n) is 9.98. The summed E-state index contributed by atoms with van der Waals surface area (Å²) in [6, 6.07) is 24.5. The van der Waals surface area contributed by atoms with Crippen LogP contribution in [-0.2, 0) is 7.05 Å². The zero-order chi connectivity index (χ0) is 20.8. The van der Waals surface area contributed by atoms with Crippen LogP contribution >= 0.6 is 0 Å². The summed E-state index contributed by atoms with van der Waals surface area (Å²) in [5.74, 6) is 0.